The van der Waals surface area contributed by atoms with E-state index in [9.17, 15) is 4.79 Å². The second kappa shape index (κ2) is 9.04. The number of benzene rings is 1. The van der Waals surface area contributed by atoms with Gasteiger partial charge in [-0.15, -0.1) is 0 Å². The molecular weight excluding hydrogens is 362 g/mol. The molecule has 2 aromatic rings. The third kappa shape index (κ3) is 4.69. The van der Waals surface area contributed by atoms with Crippen LogP contribution in [0, 0.1) is 6.92 Å². The molecule has 0 bridgehead atoms. The summed E-state index contributed by atoms with van der Waals surface area (Å²) in [6.45, 7) is 5.97. The zero-order chi connectivity index (χ0) is 19.2. The first-order valence-electron chi connectivity index (χ1n) is 9.47. The molecular formula is C20H26ClN5O. The Balaban J connectivity index is 1.59. The van der Waals surface area contributed by atoms with Crippen molar-refractivity contribution in [2.45, 2.75) is 46.1 Å². The molecule has 0 spiro atoms. The van der Waals surface area contributed by atoms with E-state index in [-0.39, 0.29) is 12.5 Å². The summed E-state index contributed by atoms with van der Waals surface area (Å²) in [7, 11) is 0. The Labute approximate surface area is 165 Å². The maximum Gasteiger partial charge on any atom is 0.259 e. The van der Waals surface area contributed by atoms with Gasteiger partial charge in [0.05, 0.1) is 24.0 Å². The number of para-hydroxylation sites is 1. The van der Waals surface area contributed by atoms with Crippen molar-refractivity contribution in [3.05, 3.63) is 46.2 Å². The summed E-state index contributed by atoms with van der Waals surface area (Å²) in [5, 5.41) is 9.09. The monoisotopic (exact) mass is 387 g/mol. The van der Waals surface area contributed by atoms with Crippen molar-refractivity contribution < 1.29 is 4.79 Å². The van der Waals surface area contributed by atoms with Crippen LogP contribution in [0.3, 0.4) is 0 Å². The van der Waals surface area contributed by atoms with Gasteiger partial charge < -0.3 is 4.90 Å². The molecule has 0 radical (unpaired) electrons. The van der Waals surface area contributed by atoms with Gasteiger partial charge in [0.25, 0.3) is 5.91 Å². The number of halogens is 1. The molecule has 0 fully saturated rings. The first-order valence-corrected chi connectivity index (χ1v) is 9.85. The van der Waals surface area contributed by atoms with Crippen LogP contribution in [0.5, 0.6) is 0 Å². The average molecular weight is 388 g/mol. The number of anilines is 1. The predicted molar refractivity (Wildman–Crippen MR) is 110 cm³/mol. The normalized spacial score (nSPS) is 13.8. The van der Waals surface area contributed by atoms with E-state index in [1.165, 1.54) is 5.56 Å². The van der Waals surface area contributed by atoms with Crippen LogP contribution in [0.4, 0.5) is 5.69 Å². The van der Waals surface area contributed by atoms with E-state index < -0.39 is 0 Å². The Morgan fingerprint density at radius 3 is 3.04 bits per heavy atom. The van der Waals surface area contributed by atoms with Crippen molar-refractivity contribution in [1.82, 2.24) is 15.2 Å². The number of aryl methyl sites for hydroxylation is 3. The molecule has 6 nitrogen and oxygen atoms in total. The van der Waals surface area contributed by atoms with Gasteiger partial charge in [0.2, 0.25) is 0 Å². The lowest BCUT2D eigenvalue weighted by atomic mass is 10.0. The second-order valence-corrected chi connectivity index (χ2v) is 7.17. The van der Waals surface area contributed by atoms with Crippen molar-refractivity contribution in [2.24, 2.45) is 5.10 Å². The molecule has 7 heteroatoms. The lowest BCUT2D eigenvalue weighted by molar-refractivity contribution is -0.119. The number of aromatic nitrogens is 2. The summed E-state index contributed by atoms with van der Waals surface area (Å²) in [6.07, 6.45) is 5.79. The van der Waals surface area contributed by atoms with Crippen LogP contribution >= 0.6 is 11.6 Å². The Bertz CT molecular complexity index is 830. The lowest BCUT2D eigenvalue weighted by Gasteiger charge is -2.30. The Kier molecular flexibility index (Phi) is 6.50. The number of rotatable bonds is 7. The molecule has 0 unspecified atom stereocenters. The van der Waals surface area contributed by atoms with E-state index in [2.05, 4.69) is 39.6 Å². The molecule has 1 aliphatic rings. The highest BCUT2D eigenvalue weighted by Gasteiger charge is 2.18. The van der Waals surface area contributed by atoms with Crippen LogP contribution in [0.1, 0.15) is 43.0 Å². The number of hydrogen-bond acceptors (Lipinski definition) is 4. The molecule has 144 valence electrons. The fraction of sp³-hybridized carbons (Fsp3) is 0.450. The molecule has 0 saturated heterocycles. The zero-order valence-electron chi connectivity index (χ0n) is 15.9. The Morgan fingerprint density at radius 1 is 1.41 bits per heavy atom. The number of carbonyl (C=O) groups excluding carboxylic acids is 1. The van der Waals surface area contributed by atoms with Crippen LogP contribution in [-0.4, -0.2) is 35.0 Å². The summed E-state index contributed by atoms with van der Waals surface area (Å²) in [6, 6.07) is 8.24. The van der Waals surface area contributed by atoms with E-state index >= 15 is 0 Å². The largest absolute Gasteiger partial charge is 0.362 e. The highest BCUT2D eigenvalue weighted by atomic mass is 35.5. The van der Waals surface area contributed by atoms with E-state index in [0.717, 1.165) is 55.7 Å². The van der Waals surface area contributed by atoms with Crippen molar-refractivity contribution in [1.29, 1.82) is 0 Å². The first kappa shape index (κ1) is 19.4. The molecule has 0 saturated carbocycles. The third-order valence-corrected chi connectivity index (χ3v) is 5.16. The minimum Gasteiger partial charge on any atom is -0.362 e. The van der Waals surface area contributed by atoms with Gasteiger partial charge in [-0.2, -0.15) is 10.2 Å². The maximum absolute atomic E-state index is 12.3. The van der Waals surface area contributed by atoms with Crippen molar-refractivity contribution >= 4 is 29.4 Å². The summed E-state index contributed by atoms with van der Waals surface area (Å²) < 4.78 is 1.79. The standard InChI is InChI=1S/C20H26ClN5O/c1-3-4-12-26-20(21)17(15(2)24-26)13-22-23-19(27)14-25-11-7-9-16-8-5-6-10-18(16)25/h5-6,8,10,13H,3-4,7,9,11-12,14H2,1-2H3,(H,23,27). The fourth-order valence-electron chi connectivity index (χ4n) is 3.32. The Hall–Kier alpha value is -2.34. The highest BCUT2D eigenvalue weighted by molar-refractivity contribution is 6.32. The van der Waals surface area contributed by atoms with Gasteiger partial charge in [0.15, 0.2) is 0 Å². The molecule has 1 aromatic carbocycles. The van der Waals surface area contributed by atoms with Crippen molar-refractivity contribution in [3.63, 3.8) is 0 Å². The molecule has 0 aliphatic carbocycles. The van der Waals surface area contributed by atoms with E-state index in [4.69, 9.17) is 11.6 Å². The minimum absolute atomic E-state index is 0.143. The van der Waals surface area contributed by atoms with Crippen LogP contribution in [-0.2, 0) is 17.8 Å². The fourth-order valence-corrected chi connectivity index (χ4v) is 3.63. The van der Waals surface area contributed by atoms with Crippen molar-refractivity contribution in [2.75, 3.05) is 18.0 Å². The number of carbonyl (C=O) groups is 1. The maximum atomic E-state index is 12.3. The number of hydrazone groups is 1. The number of fused-ring (bicyclic) bond motifs is 1. The average Bonchev–Trinajstić information content (AvgIpc) is 2.94. The van der Waals surface area contributed by atoms with Gasteiger partial charge in [-0.05, 0) is 37.8 Å². The van der Waals surface area contributed by atoms with E-state index in [1.807, 2.05) is 19.1 Å². The highest BCUT2D eigenvalue weighted by Crippen LogP contribution is 2.26. The third-order valence-electron chi connectivity index (χ3n) is 4.76. The molecule has 0 atom stereocenters. The zero-order valence-corrected chi connectivity index (χ0v) is 16.7. The molecule has 3 rings (SSSR count). The molecule has 1 amide bonds. The summed E-state index contributed by atoms with van der Waals surface area (Å²) in [4.78, 5) is 14.4. The molecule has 1 N–H and O–H groups in total. The topological polar surface area (TPSA) is 62.5 Å². The van der Waals surface area contributed by atoms with Crippen LogP contribution in [0.2, 0.25) is 5.15 Å². The lowest BCUT2D eigenvalue weighted by Crippen LogP contribution is -2.38. The van der Waals surface area contributed by atoms with Gasteiger partial charge in [0.1, 0.15) is 5.15 Å². The summed E-state index contributed by atoms with van der Waals surface area (Å²) in [5.41, 5.74) is 6.59. The van der Waals surface area contributed by atoms with Gasteiger partial charge in [-0.3, -0.25) is 9.48 Å². The number of amides is 1. The number of nitrogens with zero attached hydrogens (tertiary/aromatic N) is 4. The first-order chi connectivity index (χ1) is 13.1. The van der Waals surface area contributed by atoms with Gasteiger partial charge in [-0.1, -0.05) is 43.1 Å². The smallest absolute Gasteiger partial charge is 0.259 e. The van der Waals surface area contributed by atoms with Crippen LogP contribution in [0.15, 0.2) is 29.4 Å². The van der Waals surface area contributed by atoms with Crippen molar-refractivity contribution in [3.8, 4) is 0 Å². The molecule has 1 aliphatic heterocycles. The molecule has 1 aromatic heterocycles. The van der Waals surface area contributed by atoms with Gasteiger partial charge in [-0.25, -0.2) is 5.43 Å². The summed E-state index contributed by atoms with van der Waals surface area (Å²) in [5.74, 6) is -0.143. The molecule has 2 heterocycles. The molecule has 27 heavy (non-hydrogen) atoms. The van der Waals surface area contributed by atoms with Crippen LogP contribution < -0.4 is 10.3 Å². The second-order valence-electron chi connectivity index (χ2n) is 6.81. The number of nitrogens with one attached hydrogen (secondary N) is 1. The number of hydrogen-bond donors (Lipinski definition) is 1. The quantitative estimate of drug-likeness (QED) is 0.583. The SMILES string of the molecule is CCCCn1nc(C)c(C=NNC(=O)CN2CCCc3ccccc32)c1Cl. The summed E-state index contributed by atoms with van der Waals surface area (Å²) >= 11 is 6.38. The van der Waals surface area contributed by atoms with Gasteiger partial charge >= 0.3 is 0 Å². The van der Waals surface area contributed by atoms with Gasteiger partial charge in [0, 0.05) is 18.8 Å². The Morgan fingerprint density at radius 2 is 2.22 bits per heavy atom. The number of unbranched alkanes of at least 4 members (excludes halogenated alkanes) is 1. The predicted octanol–water partition coefficient (Wildman–Crippen LogP) is 3.55. The van der Waals surface area contributed by atoms with Crippen LogP contribution in [0.25, 0.3) is 0 Å². The van der Waals surface area contributed by atoms with E-state index in [1.54, 1.807) is 10.9 Å². The van der Waals surface area contributed by atoms with E-state index in [0.29, 0.717) is 5.15 Å². The minimum atomic E-state index is -0.143.